The van der Waals surface area contributed by atoms with Gasteiger partial charge in [-0.25, -0.2) is 0 Å². The number of aromatic nitrogens is 1. The third-order valence-corrected chi connectivity index (χ3v) is 2.71. The summed E-state index contributed by atoms with van der Waals surface area (Å²) in [5.74, 6) is 1.79. The number of oxazole rings is 1. The van der Waals surface area contributed by atoms with E-state index in [4.69, 9.17) is 9.15 Å². The molecule has 0 spiro atoms. The zero-order valence-electron chi connectivity index (χ0n) is 11.0. The van der Waals surface area contributed by atoms with E-state index in [2.05, 4.69) is 10.3 Å². The lowest BCUT2D eigenvalue weighted by Crippen LogP contribution is -1.92. The molecule has 0 saturated heterocycles. The molecule has 4 nitrogen and oxygen atoms in total. The summed E-state index contributed by atoms with van der Waals surface area (Å²) in [6.07, 6.45) is 0.743. The fraction of sp³-hybridized carbons (Fsp3) is 0.357. The molecule has 2 aromatic rings. The molecule has 1 N–H and O–H groups in total. The van der Waals surface area contributed by atoms with Crippen LogP contribution >= 0.6 is 0 Å². The Kier molecular flexibility index (Phi) is 3.87. The van der Waals surface area contributed by atoms with Crippen molar-refractivity contribution in [1.29, 1.82) is 0 Å². The second-order valence-corrected chi connectivity index (χ2v) is 4.03. The van der Waals surface area contributed by atoms with Crippen molar-refractivity contribution in [3.63, 3.8) is 0 Å². The minimum Gasteiger partial charge on any atom is -0.494 e. The van der Waals surface area contributed by atoms with Crippen molar-refractivity contribution < 1.29 is 9.15 Å². The maximum absolute atomic E-state index is 5.59. The summed E-state index contributed by atoms with van der Waals surface area (Å²) in [6, 6.07) is 8.61. The fourth-order valence-electron chi connectivity index (χ4n) is 1.75. The van der Waals surface area contributed by atoms with Crippen molar-refractivity contribution >= 4 is 6.01 Å². The lowest BCUT2D eigenvalue weighted by atomic mass is 10.1. The van der Waals surface area contributed by atoms with Crippen LogP contribution in [0.2, 0.25) is 0 Å². The number of hydrogen-bond acceptors (Lipinski definition) is 4. The zero-order valence-corrected chi connectivity index (χ0v) is 11.0. The molecular formula is C14H18N2O2. The summed E-state index contributed by atoms with van der Waals surface area (Å²) < 4.78 is 11.0. The van der Waals surface area contributed by atoms with Crippen LogP contribution in [-0.4, -0.2) is 18.6 Å². The SMILES string of the molecule is CCOc1ccc(Cc2oc(NC)nc2C)cc1. The molecule has 0 aliphatic carbocycles. The molecule has 0 unspecified atom stereocenters. The van der Waals surface area contributed by atoms with Crippen LogP contribution in [0, 0.1) is 6.92 Å². The molecule has 1 aromatic heterocycles. The van der Waals surface area contributed by atoms with E-state index in [0.29, 0.717) is 12.6 Å². The Bertz CT molecular complexity index is 503. The van der Waals surface area contributed by atoms with Crippen LogP contribution in [0.15, 0.2) is 28.7 Å². The maximum Gasteiger partial charge on any atom is 0.294 e. The van der Waals surface area contributed by atoms with Crippen LogP contribution < -0.4 is 10.1 Å². The van der Waals surface area contributed by atoms with Gasteiger partial charge >= 0.3 is 0 Å². The van der Waals surface area contributed by atoms with E-state index in [1.807, 2.05) is 38.1 Å². The van der Waals surface area contributed by atoms with Crippen molar-refractivity contribution in [3.8, 4) is 5.75 Å². The van der Waals surface area contributed by atoms with Crippen molar-refractivity contribution in [2.75, 3.05) is 19.0 Å². The van der Waals surface area contributed by atoms with Crippen LogP contribution in [0.5, 0.6) is 5.75 Å². The molecule has 0 saturated carbocycles. The molecule has 0 amide bonds. The second-order valence-electron chi connectivity index (χ2n) is 4.03. The van der Waals surface area contributed by atoms with Crippen LogP contribution in [0.25, 0.3) is 0 Å². The quantitative estimate of drug-likeness (QED) is 0.881. The predicted molar refractivity (Wildman–Crippen MR) is 71.2 cm³/mol. The van der Waals surface area contributed by atoms with Gasteiger partial charge in [0.05, 0.1) is 12.3 Å². The van der Waals surface area contributed by atoms with Gasteiger partial charge in [0.2, 0.25) is 0 Å². The van der Waals surface area contributed by atoms with Crippen molar-refractivity contribution in [2.45, 2.75) is 20.3 Å². The predicted octanol–water partition coefficient (Wildman–Crippen LogP) is 3.01. The monoisotopic (exact) mass is 246 g/mol. The Balaban J connectivity index is 2.10. The molecule has 0 fully saturated rings. The topological polar surface area (TPSA) is 47.3 Å². The summed E-state index contributed by atoms with van der Waals surface area (Å²) in [5.41, 5.74) is 2.11. The molecule has 0 radical (unpaired) electrons. The number of aryl methyl sites for hydroxylation is 1. The largest absolute Gasteiger partial charge is 0.494 e. The van der Waals surface area contributed by atoms with Crippen LogP contribution in [0.1, 0.15) is 23.9 Å². The average molecular weight is 246 g/mol. The lowest BCUT2D eigenvalue weighted by Gasteiger charge is -2.04. The van der Waals surface area contributed by atoms with Gasteiger partial charge in [-0.05, 0) is 31.5 Å². The maximum atomic E-state index is 5.59. The third kappa shape index (κ3) is 2.83. The molecule has 0 aliphatic heterocycles. The number of anilines is 1. The highest BCUT2D eigenvalue weighted by Gasteiger charge is 2.09. The van der Waals surface area contributed by atoms with E-state index >= 15 is 0 Å². The molecule has 4 heteroatoms. The molecular weight excluding hydrogens is 228 g/mol. The van der Waals surface area contributed by atoms with Gasteiger partial charge in [-0.2, -0.15) is 4.98 Å². The number of benzene rings is 1. The molecule has 1 heterocycles. The van der Waals surface area contributed by atoms with Crippen LogP contribution in [-0.2, 0) is 6.42 Å². The zero-order chi connectivity index (χ0) is 13.0. The highest BCUT2D eigenvalue weighted by Crippen LogP contribution is 2.19. The average Bonchev–Trinajstić information content (AvgIpc) is 2.73. The first-order valence-electron chi connectivity index (χ1n) is 6.08. The minimum atomic E-state index is 0.563. The third-order valence-electron chi connectivity index (χ3n) is 2.71. The van der Waals surface area contributed by atoms with E-state index < -0.39 is 0 Å². The highest BCUT2D eigenvalue weighted by molar-refractivity contribution is 5.32. The Morgan fingerprint density at radius 1 is 1.28 bits per heavy atom. The molecule has 0 aliphatic rings. The smallest absolute Gasteiger partial charge is 0.294 e. The highest BCUT2D eigenvalue weighted by atomic mass is 16.5. The Labute approximate surface area is 107 Å². The van der Waals surface area contributed by atoms with E-state index in [1.165, 1.54) is 5.56 Å². The Morgan fingerprint density at radius 2 is 2.00 bits per heavy atom. The van der Waals surface area contributed by atoms with Gasteiger partial charge in [-0.1, -0.05) is 12.1 Å². The summed E-state index contributed by atoms with van der Waals surface area (Å²) in [4.78, 5) is 4.27. The van der Waals surface area contributed by atoms with Gasteiger partial charge < -0.3 is 14.5 Å². The Hall–Kier alpha value is -1.97. The number of hydrogen-bond donors (Lipinski definition) is 1. The molecule has 2 rings (SSSR count). The van der Waals surface area contributed by atoms with Gasteiger partial charge in [0.25, 0.3) is 6.01 Å². The van der Waals surface area contributed by atoms with Crippen LogP contribution in [0.3, 0.4) is 0 Å². The normalized spacial score (nSPS) is 10.4. The summed E-state index contributed by atoms with van der Waals surface area (Å²) in [7, 11) is 1.80. The first kappa shape index (κ1) is 12.5. The van der Waals surface area contributed by atoms with Crippen LogP contribution in [0.4, 0.5) is 6.01 Å². The van der Waals surface area contributed by atoms with E-state index in [1.54, 1.807) is 7.05 Å². The molecule has 96 valence electrons. The van der Waals surface area contributed by atoms with Gasteiger partial charge in [-0.15, -0.1) is 0 Å². The Morgan fingerprint density at radius 3 is 2.56 bits per heavy atom. The van der Waals surface area contributed by atoms with Crippen molar-refractivity contribution in [2.24, 2.45) is 0 Å². The fourth-order valence-corrected chi connectivity index (χ4v) is 1.75. The van der Waals surface area contributed by atoms with Gasteiger partial charge in [0.1, 0.15) is 11.5 Å². The number of ether oxygens (including phenoxy) is 1. The molecule has 18 heavy (non-hydrogen) atoms. The van der Waals surface area contributed by atoms with Gasteiger partial charge in [0, 0.05) is 13.5 Å². The summed E-state index contributed by atoms with van der Waals surface area (Å²) in [6.45, 7) is 4.62. The van der Waals surface area contributed by atoms with E-state index in [0.717, 1.165) is 23.6 Å². The minimum absolute atomic E-state index is 0.563. The molecule has 0 atom stereocenters. The van der Waals surface area contributed by atoms with Crippen molar-refractivity contribution in [3.05, 3.63) is 41.3 Å². The first-order chi connectivity index (χ1) is 8.72. The second kappa shape index (κ2) is 5.58. The van der Waals surface area contributed by atoms with E-state index in [-0.39, 0.29) is 0 Å². The van der Waals surface area contributed by atoms with E-state index in [9.17, 15) is 0 Å². The molecule has 1 aromatic carbocycles. The van der Waals surface area contributed by atoms with Crippen molar-refractivity contribution in [1.82, 2.24) is 4.98 Å². The lowest BCUT2D eigenvalue weighted by molar-refractivity contribution is 0.340. The van der Waals surface area contributed by atoms with Gasteiger partial charge in [-0.3, -0.25) is 0 Å². The number of rotatable bonds is 5. The first-order valence-corrected chi connectivity index (χ1v) is 6.08. The van der Waals surface area contributed by atoms with Gasteiger partial charge in [0.15, 0.2) is 0 Å². The standard InChI is InChI=1S/C14H18N2O2/c1-4-17-12-7-5-11(6-8-12)9-13-10(2)16-14(15-3)18-13/h5-8H,4,9H2,1-3H3,(H,15,16). The summed E-state index contributed by atoms with van der Waals surface area (Å²) >= 11 is 0. The summed E-state index contributed by atoms with van der Waals surface area (Å²) in [5, 5.41) is 2.90. The number of nitrogens with one attached hydrogen (secondary N) is 1. The molecule has 0 bridgehead atoms. The number of nitrogens with zero attached hydrogens (tertiary/aromatic N) is 1.